The average molecular weight is 709 g/mol. The van der Waals surface area contributed by atoms with Crippen molar-refractivity contribution in [2.24, 2.45) is 0 Å². The molecular weight excluding hydrogens is 685 g/mol. The second kappa shape index (κ2) is 13.3. The monoisotopic (exact) mass is 708 g/mol. The summed E-state index contributed by atoms with van der Waals surface area (Å²) in [5, 5.41) is 11.2. The molecule has 2 amide bonds. The quantitative estimate of drug-likeness (QED) is 0.0498. The molecule has 248 valence electrons. The van der Waals surface area contributed by atoms with Crippen molar-refractivity contribution in [2.75, 3.05) is 0 Å². The molecule has 10 nitrogen and oxygen atoms in total. The van der Waals surface area contributed by atoms with Gasteiger partial charge in [-0.2, -0.15) is 0 Å². The summed E-state index contributed by atoms with van der Waals surface area (Å²) >= 11 is 2.27. The molecule has 0 spiro atoms. The molecule has 0 saturated carbocycles. The van der Waals surface area contributed by atoms with Gasteiger partial charge in [0, 0.05) is 29.7 Å². The van der Waals surface area contributed by atoms with E-state index in [0.717, 1.165) is 37.8 Å². The Morgan fingerprint density at radius 2 is 1.39 bits per heavy atom. The second-order valence-electron chi connectivity index (χ2n) is 11.7. The van der Waals surface area contributed by atoms with Gasteiger partial charge < -0.3 is 4.74 Å². The zero-order valence-electron chi connectivity index (χ0n) is 26.5. The van der Waals surface area contributed by atoms with E-state index >= 15 is 0 Å². The molecule has 0 saturated heterocycles. The summed E-state index contributed by atoms with van der Waals surface area (Å²) in [6.07, 6.45) is 0.0824. The van der Waals surface area contributed by atoms with Gasteiger partial charge in [-0.1, -0.05) is 78.5 Å². The summed E-state index contributed by atoms with van der Waals surface area (Å²) in [5.74, 6) is 0.350. The van der Waals surface area contributed by atoms with E-state index in [4.69, 9.17) is 9.72 Å². The summed E-state index contributed by atoms with van der Waals surface area (Å²) in [7, 11) is 0. The van der Waals surface area contributed by atoms with Gasteiger partial charge in [0.15, 0.2) is 5.16 Å². The lowest BCUT2D eigenvalue weighted by atomic mass is 10.1. The number of aromatic nitrogens is 2. The van der Waals surface area contributed by atoms with Crippen LogP contribution >= 0.6 is 23.5 Å². The fraction of sp³-hybridized carbons (Fsp3) is 0.0513. The number of non-ortho nitro benzene ring substituents is 1. The number of carbonyl (C=O) groups is 3. The van der Waals surface area contributed by atoms with E-state index in [-0.39, 0.29) is 28.4 Å². The molecule has 0 radical (unpaired) electrons. The van der Waals surface area contributed by atoms with Crippen LogP contribution in [0.25, 0.3) is 22.5 Å². The number of fused-ring (bicyclic) bond motifs is 3. The lowest BCUT2D eigenvalue weighted by Crippen LogP contribution is -2.45. The number of imide groups is 1. The van der Waals surface area contributed by atoms with E-state index in [2.05, 4.69) is 4.98 Å². The molecule has 2 aliphatic heterocycles. The van der Waals surface area contributed by atoms with Gasteiger partial charge in [0.1, 0.15) is 17.5 Å². The second-order valence-corrected chi connectivity index (χ2v) is 13.7. The Labute approximate surface area is 299 Å². The number of nitro groups is 1. The van der Waals surface area contributed by atoms with Gasteiger partial charge in [0.25, 0.3) is 17.5 Å². The van der Waals surface area contributed by atoms with Gasteiger partial charge in [-0.3, -0.25) is 29.4 Å². The van der Waals surface area contributed by atoms with Gasteiger partial charge in [-0.05, 0) is 65.9 Å². The van der Waals surface area contributed by atoms with E-state index in [0.29, 0.717) is 28.3 Å². The van der Waals surface area contributed by atoms with E-state index in [1.807, 2.05) is 72.8 Å². The summed E-state index contributed by atoms with van der Waals surface area (Å²) in [5.41, 5.74) is 3.09. The maximum Gasteiger partial charge on any atom is 0.270 e. The van der Waals surface area contributed by atoms with Crippen molar-refractivity contribution >= 4 is 46.1 Å². The normalized spacial score (nSPS) is 13.5. The van der Waals surface area contributed by atoms with Crippen LogP contribution in [0.3, 0.4) is 0 Å². The summed E-state index contributed by atoms with van der Waals surface area (Å²) < 4.78 is 6.11. The van der Waals surface area contributed by atoms with E-state index in [9.17, 15) is 24.5 Å². The Bertz CT molecular complexity index is 2370. The molecule has 0 aliphatic carbocycles. The van der Waals surface area contributed by atoms with Gasteiger partial charge in [-0.15, -0.1) is 0 Å². The van der Waals surface area contributed by atoms with Crippen LogP contribution in [0.5, 0.6) is 11.5 Å². The number of nitrogens with zero attached hydrogens (tertiary/aromatic N) is 4. The third-order valence-electron chi connectivity index (χ3n) is 8.46. The van der Waals surface area contributed by atoms with Crippen LogP contribution in [-0.2, 0) is 11.2 Å². The van der Waals surface area contributed by atoms with Crippen LogP contribution in [0.2, 0.25) is 0 Å². The number of benzene rings is 5. The number of hydrogen-bond donors (Lipinski definition) is 0. The lowest BCUT2D eigenvalue weighted by Gasteiger charge is -2.24. The van der Waals surface area contributed by atoms with Crippen LogP contribution in [0.1, 0.15) is 26.3 Å². The topological polar surface area (TPSA) is 133 Å². The van der Waals surface area contributed by atoms with Crippen molar-refractivity contribution in [1.29, 1.82) is 0 Å². The van der Waals surface area contributed by atoms with Crippen LogP contribution in [0.15, 0.2) is 142 Å². The van der Waals surface area contributed by atoms with Gasteiger partial charge in [-0.25, -0.2) is 9.97 Å². The first-order valence-electron chi connectivity index (χ1n) is 15.8. The Morgan fingerprint density at radius 3 is 2.12 bits per heavy atom. The van der Waals surface area contributed by atoms with Crippen LogP contribution in [-0.4, -0.2) is 42.8 Å². The number of rotatable bonds is 8. The van der Waals surface area contributed by atoms with Crippen molar-refractivity contribution in [3.8, 4) is 34.0 Å². The van der Waals surface area contributed by atoms with Gasteiger partial charge in [0.05, 0.1) is 37.2 Å². The molecule has 2 aliphatic rings. The zero-order chi connectivity index (χ0) is 35.1. The van der Waals surface area contributed by atoms with Crippen molar-refractivity contribution in [1.82, 2.24) is 14.9 Å². The first kappa shape index (κ1) is 32.1. The predicted molar refractivity (Wildman–Crippen MR) is 192 cm³/mol. The minimum atomic E-state index is -1.17. The molecule has 8 rings (SSSR count). The SMILES string of the molecule is O=C(Sc1nc(-c2cccc([N+](=O)[O-])c2)cc(-c2ccc3c(c2)Sc2ccccc2O3)n1)C(Cc1ccccc1)N1C(=O)c2ccccc2C1=O. The molecule has 1 atom stereocenters. The Hall–Kier alpha value is -6.11. The minimum absolute atomic E-state index is 0.0562. The number of thioether (sulfide) groups is 1. The molecule has 0 N–H and O–H groups in total. The highest BCUT2D eigenvalue weighted by atomic mass is 32.2. The highest BCUT2D eigenvalue weighted by Crippen LogP contribution is 2.48. The third kappa shape index (κ3) is 6.26. The van der Waals surface area contributed by atoms with E-state index in [1.165, 1.54) is 12.1 Å². The van der Waals surface area contributed by atoms with Crippen molar-refractivity contribution in [3.63, 3.8) is 0 Å². The third-order valence-corrected chi connectivity index (χ3v) is 10.4. The number of para-hydroxylation sites is 1. The zero-order valence-corrected chi connectivity index (χ0v) is 28.1. The van der Waals surface area contributed by atoms with Crippen LogP contribution < -0.4 is 4.74 Å². The number of nitro benzene ring substituents is 1. The molecule has 5 aromatic carbocycles. The highest BCUT2D eigenvalue weighted by Gasteiger charge is 2.43. The maximum atomic E-state index is 14.3. The van der Waals surface area contributed by atoms with E-state index in [1.54, 1.807) is 54.2 Å². The average Bonchev–Trinajstić information content (AvgIpc) is 3.41. The number of carbonyl (C=O) groups excluding carboxylic acids is 3. The molecule has 3 heterocycles. The number of amides is 2. The summed E-state index contributed by atoms with van der Waals surface area (Å²) in [6, 6.07) is 35.6. The molecule has 6 aromatic rings. The van der Waals surface area contributed by atoms with Crippen molar-refractivity contribution in [2.45, 2.75) is 27.4 Å². The fourth-order valence-electron chi connectivity index (χ4n) is 6.00. The minimum Gasteiger partial charge on any atom is -0.455 e. The summed E-state index contributed by atoms with van der Waals surface area (Å²) in [6.45, 7) is 0. The Balaban J connectivity index is 1.19. The molecule has 1 aromatic heterocycles. The van der Waals surface area contributed by atoms with Crippen LogP contribution in [0.4, 0.5) is 5.69 Å². The largest absolute Gasteiger partial charge is 0.455 e. The first-order chi connectivity index (χ1) is 24.8. The number of hydrogen-bond acceptors (Lipinski definition) is 10. The molecule has 0 fully saturated rings. The summed E-state index contributed by atoms with van der Waals surface area (Å²) in [4.78, 5) is 65.0. The molecular formula is C39H24N4O6S2. The Morgan fingerprint density at radius 1 is 0.745 bits per heavy atom. The van der Waals surface area contributed by atoms with Gasteiger partial charge in [0.2, 0.25) is 5.12 Å². The number of ether oxygens (including phenoxy) is 1. The van der Waals surface area contributed by atoms with Gasteiger partial charge >= 0.3 is 0 Å². The Kier molecular flexibility index (Phi) is 8.38. The maximum absolute atomic E-state index is 14.3. The predicted octanol–water partition coefficient (Wildman–Crippen LogP) is 8.50. The lowest BCUT2D eigenvalue weighted by molar-refractivity contribution is -0.384. The highest BCUT2D eigenvalue weighted by molar-refractivity contribution is 8.13. The smallest absolute Gasteiger partial charge is 0.270 e. The molecule has 51 heavy (non-hydrogen) atoms. The van der Waals surface area contributed by atoms with Crippen molar-refractivity contribution < 1.29 is 24.0 Å². The fourth-order valence-corrected chi connectivity index (χ4v) is 7.78. The first-order valence-corrected chi connectivity index (χ1v) is 17.4. The van der Waals surface area contributed by atoms with Crippen LogP contribution in [0, 0.1) is 10.1 Å². The molecule has 12 heteroatoms. The molecule has 0 bridgehead atoms. The van der Waals surface area contributed by atoms with E-state index < -0.39 is 27.9 Å². The standard InChI is InChI=1S/C39H24N4O6S2/c44-36-27-13-4-5-14-28(27)37(45)42(36)31(19-23-9-2-1-3-10-23)38(46)51-39-40-29(24-11-8-12-26(20-24)43(47)48)22-30(41-39)25-17-18-33-35(21-25)50-34-16-7-6-15-32(34)49-33/h1-18,20-22,31H,19H2. The van der Waals surface area contributed by atoms with Crippen molar-refractivity contribution in [3.05, 3.63) is 154 Å². The molecule has 1 unspecified atom stereocenters.